The van der Waals surface area contributed by atoms with E-state index in [2.05, 4.69) is 0 Å². The second kappa shape index (κ2) is 11.4. The third-order valence-corrected chi connectivity index (χ3v) is 5.78. The molecule has 2 aromatic carbocycles. The Hall–Kier alpha value is -4.34. The van der Waals surface area contributed by atoms with Crippen molar-refractivity contribution in [3.63, 3.8) is 0 Å². The van der Waals surface area contributed by atoms with Crippen molar-refractivity contribution in [3.05, 3.63) is 87.3 Å². The lowest BCUT2D eigenvalue weighted by Crippen LogP contribution is -2.30. The summed E-state index contributed by atoms with van der Waals surface area (Å²) in [6, 6.07) is 11.7. The molecule has 1 aliphatic heterocycles. The number of esters is 2. The number of methoxy groups -OCH3 is 1. The van der Waals surface area contributed by atoms with Crippen LogP contribution in [0.2, 0.25) is 0 Å². The molecule has 3 rings (SSSR count). The molecule has 36 heavy (non-hydrogen) atoms. The van der Waals surface area contributed by atoms with Gasteiger partial charge in [-0.25, -0.2) is 9.59 Å². The molecule has 10 nitrogen and oxygen atoms in total. The lowest BCUT2D eigenvalue weighted by atomic mass is 9.82. The minimum Gasteiger partial charge on any atom is -0.500 e. The number of nitro benzene ring substituents is 1. The summed E-state index contributed by atoms with van der Waals surface area (Å²) in [6.07, 6.45) is 3.13. The summed E-state index contributed by atoms with van der Waals surface area (Å²) in [5.41, 5.74) is 0.633. The van der Waals surface area contributed by atoms with Crippen molar-refractivity contribution in [2.75, 3.05) is 20.3 Å². The highest BCUT2D eigenvalue weighted by Gasteiger charge is 2.38. The molecule has 1 atom stereocenters. The zero-order valence-corrected chi connectivity index (χ0v) is 20.5. The predicted octanol–water partition coefficient (Wildman–Crippen LogP) is 4.36. The van der Waals surface area contributed by atoms with Crippen LogP contribution in [0.15, 0.2) is 66.0 Å². The zero-order valence-electron chi connectivity index (χ0n) is 20.5. The Balaban J connectivity index is 2.25. The smallest absolute Gasteiger partial charge is 0.336 e. The predicted molar refractivity (Wildman–Crippen MR) is 130 cm³/mol. The van der Waals surface area contributed by atoms with Crippen LogP contribution >= 0.6 is 0 Å². The van der Waals surface area contributed by atoms with E-state index < -0.39 is 34.2 Å². The Kier molecular flexibility index (Phi) is 8.31. The fraction of sp³-hybridized carbons (Fsp3) is 0.308. The van der Waals surface area contributed by atoms with Gasteiger partial charge in [0.1, 0.15) is 0 Å². The number of carbonyl (C=O) groups excluding carboxylic acids is 2. The molecule has 0 spiro atoms. The number of nitro groups is 1. The van der Waals surface area contributed by atoms with E-state index in [1.165, 1.54) is 13.2 Å². The molecule has 0 aliphatic carbocycles. The van der Waals surface area contributed by atoms with Crippen molar-refractivity contribution in [1.82, 2.24) is 4.90 Å². The molecule has 0 amide bonds. The Morgan fingerprint density at radius 1 is 1.06 bits per heavy atom. The second-order valence-electron chi connectivity index (χ2n) is 7.92. The first kappa shape index (κ1) is 26.3. The van der Waals surface area contributed by atoms with Gasteiger partial charge in [0.05, 0.1) is 48.4 Å². The highest BCUT2D eigenvalue weighted by atomic mass is 16.6. The molecule has 1 N–H and O–H groups in total. The molecule has 10 heteroatoms. The van der Waals surface area contributed by atoms with Gasteiger partial charge < -0.3 is 24.2 Å². The summed E-state index contributed by atoms with van der Waals surface area (Å²) in [5.74, 6) is -3.30. The molecule has 190 valence electrons. The number of rotatable bonds is 9. The summed E-state index contributed by atoms with van der Waals surface area (Å²) >= 11 is 0. The van der Waals surface area contributed by atoms with Crippen LogP contribution in [-0.4, -0.2) is 47.2 Å². The van der Waals surface area contributed by atoms with E-state index >= 15 is 0 Å². The van der Waals surface area contributed by atoms with E-state index in [9.17, 15) is 24.8 Å². The number of nitrogens with zero attached hydrogens (tertiary/aromatic N) is 2. The van der Waals surface area contributed by atoms with Crippen LogP contribution in [0.25, 0.3) is 0 Å². The third-order valence-electron chi connectivity index (χ3n) is 5.78. The number of aromatic hydroxyl groups is 1. The maximum absolute atomic E-state index is 13.1. The van der Waals surface area contributed by atoms with E-state index in [0.29, 0.717) is 0 Å². The SMILES string of the molecule is CCOC(=O)C1=CN([C@H](C)c2ccccc2)C=C(C(=O)OCC)C1c1cc(OC)c(O)c([N+](=O)[O-])c1. The normalized spacial score (nSPS) is 14.4. The van der Waals surface area contributed by atoms with Gasteiger partial charge in [0.15, 0.2) is 5.75 Å². The first-order valence-electron chi connectivity index (χ1n) is 11.4. The number of phenols is 1. The van der Waals surface area contributed by atoms with E-state index in [4.69, 9.17) is 14.2 Å². The average Bonchev–Trinajstić information content (AvgIpc) is 2.88. The fourth-order valence-electron chi connectivity index (χ4n) is 4.01. The first-order valence-corrected chi connectivity index (χ1v) is 11.4. The molecule has 0 saturated carbocycles. The minimum atomic E-state index is -1.07. The number of carbonyl (C=O) groups is 2. The molecule has 0 fully saturated rings. The molecular formula is C26H28N2O8. The van der Waals surface area contributed by atoms with Crippen molar-refractivity contribution in [1.29, 1.82) is 0 Å². The number of hydrogen-bond donors (Lipinski definition) is 1. The van der Waals surface area contributed by atoms with Crippen LogP contribution in [0.5, 0.6) is 11.5 Å². The van der Waals surface area contributed by atoms with Crippen molar-refractivity contribution < 1.29 is 33.8 Å². The largest absolute Gasteiger partial charge is 0.500 e. The van der Waals surface area contributed by atoms with Crippen molar-refractivity contribution in [2.24, 2.45) is 0 Å². The summed E-state index contributed by atoms with van der Waals surface area (Å²) in [5, 5.41) is 21.9. The van der Waals surface area contributed by atoms with Crippen LogP contribution < -0.4 is 4.74 Å². The number of phenolic OH excluding ortho intramolecular Hbond substituents is 1. The van der Waals surface area contributed by atoms with Gasteiger partial charge in [-0.2, -0.15) is 0 Å². The van der Waals surface area contributed by atoms with Gasteiger partial charge in [-0.1, -0.05) is 30.3 Å². The Labute approximate surface area is 208 Å². The summed E-state index contributed by atoms with van der Waals surface area (Å²) in [4.78, 5) is 38.8. The summed E-state index contributed by atoms with van der Waals surface area (Å²) in [6.45, 7) is 5.36. The maximum atomic E-state index is 13.1. The van der Waals surface area contributed by atoms with Gasteiger partial charge in [0.2, 0.25) is 5.75 Å². The van der Waals surface area contributed by atoms with Gasteiger partial charge in [0, 0.05) is 18.5 Å². The van der Waals surface area contributed by atoms with Gasteiger partial charge in [-0.15, -0.1) is 0 Å². The fourth-order valence-corrected chi connectivity index (χ4v) is 4.01. The molecule has 0 radical (unpaired) electrons. The van der Waals surface area contributed by atoms with E-state index in [0.717, 1.165) is 11.6 Å². The lowest BCUT2D eigenvalue weighted by molar-refractivity contribution is -0.386. The van der Waals surface area contributed by atoms with E-state index in [-0.39, 0.29) is 41.7 Å². The molecule has 0 bridgehead atoms. The van der Waals surface area contributed by atoms with Crippen molar-refractivity contribution >= 4 is 17.6 Å². The topological polar surface area (TPSA) is 128 Å². The number of ether oxygens (including phenoxy) is 3. The van der Waals surface area contributed by atoms with Crippen LogP contribution in [0.3, 0.4) is 0 Å². The molecule has 1 heterocycles. The van der Waals surface area contributed by atoms with Gasteiger partial charge in [0.25, 0.3) is 0 Å². The van der Waals surface area contributed by atoms with E-state index in [1.54, 1.807) is 31.1 Å². The molecule has 0 aromatic heterocycles. The lowest BCUT2D eigenvalue weighted by Gasteiger charge is -2.34. The van der Waals surface area contributed by atoms with Crippen molar-refractivity contribution in [2.45, 2.75) is 32.7 Å². The van der Waals surface area contributed by atoms with Crippen molar-refractivity contribution in [3.8, 4) is 11.5 Å². The first-order chi connectivity index (χ1) is 17.2. The van der Waals surface area contributed by atoms with Crippen LogP contribution in [0.4, 0.5) is 5.69 Å². The molecule has 2 aromatic rings. The Bertz CT molecular complexity index is 1170. The zero-order chi connectivity index (χ0) is 26.4. The van der Waals surface area contributed by atoms with E-state index in [1.807, 2.05) is 37.3 Å². The number of hydrogen-bond acceptors (Lipinski definition) is 9. The Morgan fingerprint density at radius 2 is 1.61 bits per heavy atom. The highest BCUT2D eigenvalue weighted by Crippen LogP contribution is 2.45. The third kappa shape index (κ3) is 5.32. The van der Waals surface area contributed by atoms with Crippen LogP contribution in [0.1, 0.15) is 43.9 Å². The van der Waals surface area contributed by atoms with Gasteiger partial charge >= 0.3 is 17.6 Å². The second-order valence-corrected chi connectivity index (χ2v) is 7.92. The standard InChI is InChI=1S/C26H28N2O8/c1-5-35-25(30)19-14-27(16(3)17-10-8-7-9-11-17)15-20(26(31)36-6-2)23(19)18-12-21(28(32)33)24(29)22(13-18)34-4/h7-16,23,29H,5-6H2,1-4H3/t16-/m1/s1. The summed E-state index contributed by atoms with van der Waals surface area (Å²) < 4.78 is 15.7. The number of benzene rings is 2. The Morgan fingerprint density at radius 3 is 2.08 bits per heavy atom. The maximum Gasteiger partial charge on any atom is 0.336 e. The quantitative estimate of drug-likeness (QED) is 0.306. The molecular weight excluding hydrogens is 468 g/mol. The van der Waals surface area contributed by atoms with Crippen LogP contribution in [0, 0.1) is 10.1 Å². The van der Waals surface area contributed by atoms with Crippen LogP contribution in [-0.2, 0) is 19.1 Å². The summed E-state index contributed by atoms with van der Waals surface area (Å²) in [7, 11) is 1.25. The molecule has 0 unspecified atom stereocenters. The minimum absolute atomic E-state index is 0.0761. The average molecular weight is 497 g/mol. The van der Waals surface area contributed by atoms with Gasteiger partial charge in [-0.05, 0) is 38.0 Å². The van der Waals surface area contributed by atoms with Gasteiger partial charge in [-0.3, -0.25) is 10.1 Å². The molecule has 0 saturated heterocycles. The molecule has 1 aliphatic rings. The highest BCUT2D eigenvalue weighted by molar-refractivity contribution is 5.98. The monoisotopic (exact) mass is 496 g/mol.